The molecule has 0 aliphatic heterocycles. The topological polar surface area (TPSA) is 109 Å². The summed E-state index contributed by atoms with van der Waals surface area (Å²) in [5.41, 5.74) is 0. The summed E-state index contributed by atoms with van der Waals surface area (Å²) in [5.74, 6) is -0.126. The van der Waals surface area contributed by atoms with Crippen LogP contribution < -0.4 is 0 Å². The lowest BCUT2D eigenvalue weighted by Gasteiger charge is -2.09. The van der Waals surface area contributed by atoms with E-state index < -0.39 is 0 Å². The van der Waals surface area contributed by atoms with E-state index in [2.05, 4.69) is 13.8 Å². The molecule has 54 heavy (non-hydrogen) atoms. The Morgan fingerprint density at radius 1 is 0.259 bits per heavy atom. The molecular weight excluding hydrogens is 692 g/mol. The van der Waals surface area contributed by atoms with Gasteiger partial charge in [-0.15, -0.1) is 0 Å². The van der Waals surface area contributed by atoms with Gasteiger partial charge in [0, 0.05) is 13.0 Å². The zero-order valence-corrected chi connectivity index (χ0v) is 35.3. The lowest BCUT2D eigenvalue weighted by molar-refractivity contribution is -0.145. The first kappa shape index (κ1) is 53.1. The molecule has 0 aliphatic carbocycles. The van der Waals surface area contributed by atoms with Gasteiger partial charge < -0.3 is 47.4 Å². The zero-order chi connectivity index (χ0) is 38.9. The highest BCUT2D eigenvalue weighted by Gasteiger charge is 2.03. The Kier molecular flexibility index (Phi) is 49.3. The van der Waals surface area contributed by atoms with Crippen molar-refractivity contribution < 1.29 is 52.2 Å². The minimum Gasteiger partial charge on any atom is -0.463 e. The van der Waals surface area contributed by atoms with E-state index in [-0.39, 0.29) is 5.97 Å². The van der Waals surface area contributed by atoms with Crippen LogP contribution in [0.3, 0.4) is 0 Å². The number of carbonyl (C=O) groups is 1. The van der Waals surface area contributed by atoms with Crippen LogP contribution in [0.2, 0.25) is 0 Å². The van der Waals surface area contributed by atoms with E-state index in [1.807, 2.05) is 0 Å². The fraction of sp³-hybridized carbons (Fsp3) is 0.977. The maximum atomic E-state index is 11.9. The summed E-state index contributed by atoms with van der Waals surface area (Å²) in [6.07, 6.45) is 26.5. The molecule has 0 rings (SSSR count). The first-order chi connectivity index (χ1) is 26.8. The van der Waals surface area contributed by atoms with E-state index in [1.165, 1.54) is 109 Å². The molecule has 0 aromatic carbocycles. The smallest absolute Gasteiger partial charge is 0.305 e. The van der Waals surface area contributed by atoms with E-state index >= 15 is 0 Å². The molecule has 11 nitrogen and oxygen atoms in total. The van der Waals surface area contributed by atoms with Gasteiger partial charge in [-0.3, -0.25) is 4.79 Å². The highest BCUT2D eigenvalue weighted by atomic mass is 16.6. The van der Waals surface area contributed by atoms with E-state index in [9.17, 15) is 4.79 Å². The van der Waals surface area contributed by atoms with E-state index in [0.717, 1.165) is 25.9 Å². The summed E-state index contributed by atoms with van der Waals surface area (Å²) in [6.45, 7) is 14.5. The SMILES string of the molecule is CCCCCCCCCCCCCCCCCC(=O)OCCOCCOCCOCCOCCOCCOCCOCCOCCOCCCCCCC. The number of unbranched alkanes of at least 4 members (excludes halogenated alkanes) is 18. The van der Waals surface area contributed by atoms with Crippen molar-refractivity contribution in [2.75, 3.05) is 126 Å². The molecule has 0 heterocycles. The van der Waals surface area contributed by atoms with Gasteiger partial charge in [0.25, 0.3) is 0 Å². The maximum Gasteiger partial charge on any atom is 0.305 e. The third kappa shape index (κ3) is 49.1. The average Bonchev–Trinajstić information content (AvgIpc) is 3.18. The van der Waals surface area contributed by atoms with Crippen molar-refractivity contribution >= 4 is 5.97 Å². The molecule has 0 aromatic heterocycles. The number of carbonyl (C=O) groups excluding carboxylic acids is 1. The quantitative estimate of drug-likeness (QED) is 0.0436. The standard InChI is InChI=1S/C43H86O11/c1-3-5-7-9-10-11-12-13-14-15-16-17-18-19-21-23-43(44)54-42-41-53-40-39-52-38-37-51-36-35-50-34-33-49-32-31-48-30-29-47-28-27-46-26-25-45-24-22-20-8-6-4-2/h3-42H2,1-2H3. The van der Waals surface area contributed by atoms with Crippen molar-refractivity contribution in [2.24, 2.45) is 0 Å². The summed E-state index contributed by atoms with van der Waals surface area (Å²) < 4.78 is 54.9. The van der Waals surface area contributed by atoms with Gasteiger partial charge in [-0.2, -0.15) is 0 Å². The first-order valence-electron chi connectivity index (χ1n) is 22.2. The van der Waals surface area contributed by atoms with Crippen LogP contribution in [0.4, 0.5) is 0 Å². The molecule has 0 amide bonds. The van der Waals surface area contributed by atoms with Crippen LogP contribution in [0.15, 0.2) is 0 Å². The summed E-state index contributed by atoms with van der Waals surface area (Å²) in [7, 11) is 0. The van der Waals surface area contributed by atoms with Crippen molar-refractivity contribution in [1.29, 1.82) is 0 Å². The Morgan fingerprint density at radius 2 is 0.481 bits per heavy atom. The van der Waals surface area contributed by atoms with Gasteiger partial charge in [0.15, 0.2) is 0 Å². The van der Waals surface area contributed by atoms with Crippen molar-refractivity contribution in [1.82, 2.24) is 0 Å². The van der Waals surface area contributed by atoms with Crippen molar-refractivity contribution in [3.63, 3.8) is 0 Å². The summed E-state index contributed by atoms with van der Waals surface area (Å²) in [4.78, 5) is 11.9. The van der Waals surface area contributed by atoms with Crippen molar-refractivity contribution in [3.05, 3.63) is 0 Å². The minimum atomic E-state index is -0.126. The Morgan fingerprint density at radius 3 is 0.778 bits per heavy atom. The normalized spacial score (nSPS) is 11.5. The molecule has 0 bridgehead atoms. The second-order valence-corrected chi connectivity index (χ2v) is 13.8. The fourth-order valence-electron chi connectivity index (χ4n) is 5.60. The predicted octanol–water partition coefficient (Wildman–Crippen LogP) is 8.91. The van der Waals surface area contributed by atoms with Crippen LogP contribution in [0.5, 0.6) is 0 Å². The van der Waals surface area contributed by atoms with Crippen LogP contribution in [-0.4, -0.2) is 132 Å². The van der Waals surface area contributed by atoms with E-state index in [0.29, 0.717) is 125 Å². The molecule has 0 saturated carbocycles. The van der Waals surface area contributed by atoms with Crippen LogP contribution in [0.1, 0.15) is 149 Å². The predicted molar refractivity (Wildman–Crippen MR) is 217 cm³/mol. The second-order valence-electron chi connectivity index (χ2n) is 13.8. The summed E-state index contributed by atoms with van der Waals surface area (Å²) in [6, 6.07) is 0. The van der Waals surface area contributed by atoms with E-state index in [4.69, 9.17) is 47.4 Å². The molecule has 0 radical (unpaired) electrons. The first-order valence-corrected chi connectivity index (χ1v) is 22.2. The Balaban J connectivity index is 3.12. The van der Waals surface area contributed by atoms with Crippen LogP contribution in [0, 0.1) is 0 Å². The van der Waals surface area contributed by atoms with Gasteiger partial charge in [-0.1, -0.05) is 129 Å². The molecule has 11 heteroatoms. The molecule has 0 atom stereocenters. The third-order valence-electron chi connectivity index (χ3n) is 8.84. The van der Waals surface area contributed by atoms with Crippen LogP contribution in [0.25, 0.3) is 0 Å². The molecular formula is C43H86O11. The number of rotatable bonds is 49. The highest BCUT2D eigenvalue weighted by Crippen LogP contribution is 2.14. The minimum absolute atomic E-state index is 0.126. The monoisotopic (exact) mass is 779 g/mol. The fourth-order valence-corrected chi connectivity index (χ4v) is 5.60. The van der Waals surface area contributed by atoms with Crippen LogP contribution in [-0.2, 0) is 52.2 Å². The molecule has 0 aliphatic rings. The molecule has 0 N–H and O–H groups in total. The van der Waals surface area contributed by atoms with E-state index in [1.54, 1.807) is 0 Å². The second kappa shape index (κ2) is 50.1. The Labute approximate surface area is 331 Å². The largest absolute Gasteiger partial charge is 0.463 e. The molecule has 0 aromatic rings. The van der Waals surface area contributed by atoms with Gasteiger partial charge in [-0.05, 0) is 12.8 Å². The molecule has 324 valence electrons. The van der Waals surface area contributed by atoms with Crippen LogP contribution >= 0.6 is 0 Å². The van der Waals surface area contributed by atoms with Gasteiger partial charge in [0.1, 0.15) is 6.61 Å². The highest BCUT2D eigenvalue weighted by molar-refractivity contribution is 5.69. The van der Waals surface area contributed by atoms with Crippen molar-refractivity contribution in [2.45, 2.75) is 149 Å². The average molecular weight is 779 g/mol. The number of esters is 1. The van der Waals surface area contributed by atoms with Crippen molar-refractivity contribution in [3.8, 4) is 0 Å². The lowest BCUT2D eigenvalue weighted by Crippen LogP contribution is -2.15. The maximum absolute atomic E-state index is 11.9. The molecule has 0 spiro atoms. The number of ether oxygens (including phenoxy) is 10. The summed E-state index contributed by atoms with van der Waals surface area (Å²) in [5, 5.41) is 0. The van der Waals surface area contributed by atoms with Gasteiger partial charge in [0.05, 0.1) is 112 Å². The number of hydrogen-bond donors (Lipinski definition) is 0. The summed E-state index contributed by atoms with van der Waals surface area (Å²) >= 11 is 0. The molecule has 0 fully saturated rings. The molecule has 0 unspecified atom stereocenters. The number of hydrogen-bond acceptors (Lipinski definition) is 11. The zero-order valence-electron chi connectivity index (χ0n) is 35.3. The lowest BCUT2D eigenvalue weighted by atomic mass is 10.0. The van der Waals surface area contributed by atoms with Gasteiger partial charge >= 0.3 is 5.97 Å². The van der Waals surface area contributed by atoms with Gasteiger partial charge in [0.2, 0.25) is 0 Å². The Hall–Kier alpha value is -0.890. The molecule has 0 saturated heterocycles. The Bertz CT molecular complexity index is 686. The third-order valence-corrected chi connectivity index (χ3v) is 8.84. The van der Waals surface area contributed by atoms with Gasteiger partial charge in [-0.25, -0.2) is 0 Å².